The maximum absolute atomic E-state index is 10.8. The van der Waals surface area contributed by atoms with Gasteiger partial charge in [-0.1, -0.05) is 30.3 Å². The molecule has 0 aliphatic rings. The number of aliphatic carboxylic acids is 1. The molecule has 3 N–H and O–H groups in total. The van der Waals surface area contributed by atoms with Gasteiger partial charge in [0, 0.05) is 17.7 Å². The molecule has 0 saturated carbocycles. The van der Waals surface area contributed by atoms with Gasteiger partial charge in [0.1, 0.15) is 6.04 Å². The van der Waals surface area contributed by atoms with Crippen molar-refractivity contribution in [2.75, 3.05) is 0 Å². The molecule has 4 heteroatoms. The lowest BCUT2D eigenvalue weighted by atomic mass is 10.0. The molecular formula is C15H16N2O2. The van der Waals surface area contributed by atoms with Crippen LogP contribution in [0.2, 0.25) is 0 Å². The van der Waals surface area contributed by atoms with Crippen LogP contribution in [0.3, 0.4) is 0 Å². The zero-order chi connectivity index (χ0) is 13.8. The number of hydrogen-bond acceptors (Lipinski definition) is 3. The highest BCUT2D eigenvalue weighted by molar-refractivity contribution is 5.73. The van der Waals surface area contributed by atoms with E-state index in [2.05, 4.69) is 4.98 Å². The maximum atomic E-state index is 10.8. The first-order chi connectivity index (χ1) is 9.08. The Morgan fingerprint density at radius 3 is 2.68 bits per heavy atom. The predicted molar refractivity (Wildman–Crippen MR) is 73.7 cm³/mol. The highest BCUT2D eigenvalue weighted by Gasteiger charge is 2.13. The maximum Gasteiger partial charge on any atom is 0.320 e. The molecule has 1 atom stereocenters. The number of carbonyl (C=O) groups is 1. The summed E-state index contributed by atoms with van der Waals surface area (Å²) < 4.78 is 0. The summed E-state index contributed by atoms with van der Waals surface area (Å²) in [5.74, 6) is -1.01. The van der Waals surface area contributed by atoms with E-state index < -0.39 is 12.0 Å². The fourth-order valence-corrected chi connectivity index (χ4v) is 1.92. The number of hydrogen-bond donors (Lipinski definition) is 2. The van der Waals surface area contributed by atoms with Crippen molar-refractivity contribution >= 4 is 5.97 Å². The Labute approximate surface area is 111 Å². The lowest BCUT2D eigenvalue weighted by Gasteiger charge is -2.09. The second kappa shape index (κ2) is 5.63. The summed E-state index contributed by atoms with van der Waals surface area (Å²) in [6.45, 7) is 2.02. The van der Waals surface area contributed by atoms with Crippen LogP contribution in [-0.2, 0) is 11.2 Å². The van der Waals surface area contributed by atoms with Crippen molar-refractivity contribution in [2.45, 2.75) is 19.4 Å². The zero-order valence-corrected chi connectivity index (χ0v) is 10.7. The quantitative estimate of drug-likeness (QED) is 0.877. The third kappa shape index (κ3) is 3.17. The van der Waals surface area contributed by atoms with E-state index in [1.54, 1.807) is 6.07 Å². The highest BCUT2D eigenvalue weighted by atomic mass is 16.4. The van der Waals surface area contributed by atoms with Gasteiger partial charge in [0.15, 0.2) is 0 Å². The van der Waals surface area contributed by atoms with Crippen LogP contribution in [0.1, 0.15) is 11.3 Å². The van der Waals surface area contributed by atoms with E-state index in [9.17, 15) is 4.79 Å². The molecule has 19 heavy (non-hydrogen) atoms. The van der Waals surface area contributed by atoms with Gasteiger partial charge in [-0.25, -0.2) is 0 Å². The molecule has 0 aliphatic heterocycles. The van der Waals surface area contributed by atoms with Crippen molar-refractivity contribution in [3.63, 3.8) is 0 Å². The normalized spacial score (nSPS) is 12.1. The van der Waals surface area contributed by atoms with Crippen molar-refractivity contribution in [1.29, 1.82) is 0 Å². The number of aromatic nitrogens is 1. The van der Waals surface area contributed by atoms with Crippen molar-refractivity contribution in [2.24, 2.45) is 5.73 Å². The standard InChI is InChI=1S/C15H16N2O2/c1-10-5-2-3-7-12(10)14-8-4-6-11(17-14)9-13(16)15(18)19/h2-8,13H,9,16H2,1H3,(H,18,19)/t13-/m0/s1. The summed E-state index contributed by atoms with van der Waals surface area (Å²) in [5, 5.41) is 8.82. The summed E-state index contributed by atoms with van der Waals surface area (Å²) in [4.78, 5) is 15.2. The minimum atomic E-state index is -1.01. The monoisotopic (exact) mass is 256 g/mol. The number of carboxylic acids is 1. The molecule has 0 spiro atoms. The minimum Gasteiger partial charge on any atom is -0.480 e. The first-order valence-electron chi connectivity index (χ1n) is 6.08. The lowest BCUT2D eigenvalue weighted by molar-refractivity contribution is -0.138. The van der Waals surface area contributed by atoms with E-state index in [0.29, 0.717) is 5.69 Å². The van der Waals surface area contributed by atoms with Gasteiger partial charge in [-0.2, -0.15) is 0 Å². The summed E-state index contributed by atoms with van der Waals surface area (Å²) >= 11 is 0. The Balaban J connectivity index is 2.30. The van der Waals surface area contributed by atoms with E-state index in [-0.39, 0.29) is 6.42 Å². The minimum absolute atomic E-state index is 0.231. The number of aryl methyl sites for hydroxylation is 1. The Morgan fingerprint density at radius 1 is 1.26 bits per heavy atom. The van der Waals surface area contributed by atoms with E-state index >= 15 is 0 Å². The topological polar surface area (TPSA) is 76.2 Å². The number of pyridine rings is 1. The smallest absolute Gasteiger partial charge is 0.320 e. The second-order valence-electron chi connectivity index (χ2n) is 4.48. The molecule has 1 heterocycles. The van der Waals surface area contributed by atoms with Crippen LogP contribution in [0.25, 0.3) is 11.3 Å². The SMILES string of the molecule is Cc1ccccc1-c1cccc(C[C@H](N)C(=O)O)n1. The Kier molecular flexibility index (Phi) is 3.92. The molecule has 98 valence electrons. The van der Waals surface area contributed by atoms with Crippen molar-refractivity contribution in [3.05, 3.63) is 53.7 Å². The predicted octanol–water partition coefficient (Wildman–Crippen LogP) is 2.01. The van der Waals surface area contributed by atoms with Gasteiger partial charge >= 0.3 is 5.97 Å². The van der Waals surface area contributed by atoms with E-state index in [1.807, 2.05) is 43.3 Å². The summed E-state index contributed by atoms with van der Waals surface area (Å²) in [5.41, 5.74) is 9.24. The van der Waals surface area contributed by atoms with Crippen LogP contribution in [0, 0.1) is 6.92 Å². The van der Waals surface area contributed by atoms with Crippen LogP contribution in [0.15, 0.2) is 42.5 Å². The molecule has 0 aliphatic carbocycles. The summed E-state index contributed by atoms with van der Waals surface area (Å²) in [6, 6.07) is 12.6. The van der Waals surface area contributed by atoms with Crippen LogP contribution >= 0.6 is 0 Å². The molecule has 4 nitrogen and oxygen atoms in total. The average Bonchev–Trinajstić information content (AvgIpc) is 2.39. The number of nitrogens with zero attached hydrogens (tertiary/aromatic N) is 1. The first kappa shape index (κ1) is 13.2. The van der Waals surface area contributed by atoms with Gasteiger partial charge in [0.25, 0.3) is 0 Å². The largest absolute Gasteiger partial charge is 0.480 e. The van der Waals surface area contributed by atoms with E-state index in [0.717, 1.165) is 16.8 Å². The van der Waals surface area contributed by atoms with Gasteiger partial charge in [0.2, 0.25) is 0 Å². The van der Waals surface area contributed by atoms with Crippen molar-refractivity contribution in [3.8, 4) is 11.3 Å². The number of benzene rings is 1. The third-order valence-corrected chi connectivity index (χ3v) is 2.97. The van der Waals surface area contributed by atoms with Gasteiger partial charge in [-0.15, -0.1) is 0 Å². The molecule has 0 saturated heterocycles. The molecule has 0 bridgehead atoms. The summed E-state index contributed by atoms with van der Waals surface area (Å²) in [6.07, 6.45) is 0.231. The molecule has 2 rings (SSSR count). The molecule has 1 aromatic heterocycles. The average molecular weight is 256 g/mol. The molecule has 0 unspecified atom stereocenters. The Bertz CT molecular complexity index is 596. The first-order valence-corrected chi connectivity index (χ1v) is 6.08. The highest BCUT2D eigenvalue weighted by Crippen LogP contribution is 2.21. The number of carboxylic acid groups (broad SMARTS) is 1. The van der Waals surface area contributed by atoms with Gasteiger partial charge in [-0.3, -0.25) is 9.78 Å². The van der Waals surface area contributed by atoms with Crippen LogP contribution in [0.4, 0.5) is 0 Å². The third-order valence-electron chi connectivity index (χ3n) is 2.97. The molecule has 0 fully saturated rings. The van der Waals surface area contributed by atoms with Gasteiger partial charge in [0.05, 0.1) is 5.69 Å². The fraction of sp³-hybridized carbons (Fsp3) is 0.200. The van der Waals surface area contributed by atoms with Gasteiger partial charge in [-0.05, 0) is 24.6 Å². The number of rotatable bonds is 4. The van der Waals surface area contributed by atoms with Crippen molar-refractivity contribution < 1.29 is 9.90 Å². The Hall–Kier alpha value is -2.20. The molecule has 1 aromatic carbocycles. The van der Waals surface area contributed by atoms with Crippen LogP contribution in [-0.4, -0.2) is 22.1 Å². The summed E-state index contributed by atoms with van der Waals surface area (Å²) in [7, 11) is 0. The van der Waals surface area contributed by atoms with Crippen LogP contribution in [0.5, 0.6) is 0 Å². The van der Waals surface area contributed by atoms with E-state index in [1.165, 1.54) is 0 Å². The molecule has 0 amide bonds. The number of nitrogens with two attached hydrogens (primary N) is 1. The Morgan fingerprint density at radius 2 is 2.00 bits per heavy atom. The molecular weight excluding hydrogens is 240 g/mol. The van der Waals surface area contributed by atoms with Gasteiger partial charge < -0.3 is 10.8 Å². The van der Waals surface area contributed by atoms with Crippen LogP contribution < -0.4 is 5.73 Å². The zero-order valence-electron chi connectivity index (χ0n) is 10.7. The molecule has 2 aromatic rings. The molecule has 0 radical (unpaired) electrons. The fourth-order valence-electron chi connectivity index (χ4n) is 1.92. The van der Waals surface area contributed by atoms with E-state index in [4.69, 9.17) is 10.8 Å². The van der Waals surface area contributed by atoms with Crippen molar-refractivity contribution in [1.82, 2.24) is 4.98 Å². The lowest BCUT2D eigenvalue weighted by Crippen LogP contribution is -2.32. The second-order valence-corrected chi connectivity index (χ2v) is 4.48.